The average Bonchev–Trinajstić information content (AvgIpc) is 3.24. The van der Waals surface area contributed by atoms with Crippen LogP contribution in [-0.2, 0) is 29.6 Å². The Morgan fingerprint density at radius 2 is 2.11 bits per heavy atom. The van der Waals surface area contributed by atoms with E-state index in [-0.39, 0.29) is 24.9 Å². The average molecular weight is 370 g/mol. The number of hydrogen-bond acceptors (Lipinski definition) is 7. The second kappa shape index (κ2) is 8.03. The van der Waals surface area contributed by atoms with Crippen molar-refractivity contribution in [2.24, 2.45) is 7.05 Å². The molecule has 0 amide bonds. The molecule has 27 heavy (non-hydrogen) atoms. The van der Waals surface area contributed by atoms with E-state index >= 15 is 0 Å². The van der Waals surface area contributed by atoms with Crippen LogP contribution in [0.2, 0.25) is 0 Å². The molecule has 0 bridgehead atoms. The molecule has 0 aliphatic heterocycles. The molecule has 0 atom stereocenters. The summed E-state index contributed by atoms with van der Waals surface area (Å²) >= 11 is 0. The Bertz CT molecular complexity index is 945. The van der Waals surface area contributed by atoms with Crippen molar-refractivity contribution in [3.8, 4) is 17.1 Å². The highest BCUT2D eigenvalue weighted by atomic mass is 16.6. The van der Waals surface area contributed by atoms with Gasteiger partial charge in [0.15, 0.2) is 6.61 Å². The molecule has 3 aromatic rings. The van der Waals surface area contributed by atoms with Gasteiger partial charge in [0.25, 0.3) is 5.89 Å². The van der Waals surface area contributed by atoms with E-state index in [1.165, 1.54) is 0 Å². The lowest BCUT2D eigenvalue weighted by Gasteiger charge is -2.03. The van der Waals surface area contributed by atoms with Crippen molar-refractivity contribution >= 4 is 5.97 Å². The number of aryl methyl sites for hydroxylation is 2. The van der Waals surface area contributed by atoms with Crippen LogP contribution < -0.4 is 4.74 Å². The first-order chi connectivity index (χ1) is 13.0. The molecule has 0 radical (unpaired) electrons. The van der Waals surface area contributed by atoms with Crippen molar-refractivity contribution < 1.29 is 18.8 Å². The summed E-state index contributed by atoms with van der Waals surface area (Å²) in [7, 11) is 3.48. The first-order valence-electron chi connectivity index (χ1n) is 8.59. The molecule has 0 unspecified atom stereocenters. The maximum atomic E-state index is 12.0. The number of ether oxygens (including phenoxy) is 2. The van der Waals surface area contributed by atoms with Gasteiger partial charge in [-0.05, 0) is 38.0 Å². The summed E-state index contributed by atoms with van der Waals surface area (Å²) in [5.41, 5.74) is 3.83. The fourth-order valence-corrected chi connectivity index (χ4v) is 2.81. The first-order valence-corrected chi connectivity index (χ1v) is 8.59. The van der Waals surface area contributed by atoms with Gasteiger partial charge < -0.3 is 14.0 Å². The highest BCUT2D eigenvalue weighted by Crippen LogP contribution is 2.21. The van der Waals surface area contributed by atoms with Gasteiger partial charge in [0.1, 0.15) is 5.75 Å². The van der Waals surface area contributed by atoms with Gasteiger partial charge in [-0.15, -0.1) is 0 Å². The van der Waals surface area contributed by atoms with Gasteiger partial charge in [-0.3, -0.25) is 9.48 Å². The van der Waals surface area contributed by atoms with Gasteiger partial charge in [0.05, 0.1) is 12.8 Å². The minimum absolute atomic E-state index is 0.0548. The zero-order chi connectivity index (χ0) is 19.4. The van der Waals surface area contributed by atoms with Gasteiger partial charge in [-0.2, -0.15) is 10.1 Å². The van der Waals surface area contributed by atoms with Gasteiger partial charge >= 0.3 is 5.97 Å². The molecule has 3 rings (SSSR count). The van der Waals surface area contributed by atoms with Crippen molar-refractivity contribution in [2.45, 2.75) is 33.3 Å². The number of aromatic nitrogens is 4. The highest BCUT2D eigenvalue weighted by Gasteiger charge is 2.14. The summed E-state index contributed by atoms with van der Waals surface area (Å²) in [4.78, 5) is 16.3. The highest BCUT2D eigenvalue weighted by molar-refractivity contribution is 5.69. The zero-order valence-corrected chi connectivity index (χ0v) is 15.9. The predicted molar refractivity (Wildman–Crippen MR) is 97.1 cm³/mol. The SMILES string of the molecule is COc1cccc(-c2noc(COC(=O)CCc3c(C)nn(C)c3C)n2)c1. The Labute approximate surface area is 157 Å². The van der Waals surface area contributed by atoms with E-state index in [1.54, 1.807) is 13.2 Å². The Hall–Kier alpha value is -3.16. The lowest BCUT2D eigenvalue weighted by Crippen LogP contribution is -2.07. The molecule has 0 N–H and O–H groups in total. The van der Waals surface area contributed by atoms with Gasteiger partial charge in [-0.25, -0.2) is 0 Å². The monoisotopic (exact) mass is 370 g/mol. The van der Waals surface area contributed by atoms with Crippen LogP contribution in [0.25, 0.3) is 11.4 Å². The largest absolute Gasteiger partial charge is 0.497 e. The van der Waals surface area contributed by atoms with Crippen molar-refractivity contribution in [1.29, 1.82) is 0 Å². The van der Waals surface area contributed by atoms with E-state index < -0.39 is 0 Å². The minimum Gasteiger partial charge on any atom is -0.497 e. The predicted octanol–water partition coefficient (Wildman–Crippen LogP) is 2.77. The second-order valence-electron chi connectivity index (χ2n) is 6.18. The molecule has 2 heterocycles. The lowest BCUT2D eigenvalue weighted by molar-refractivity contribution is -0.145. The molecule has 0 spiro atoms. The van der Waals surface area contributed by atoms with Crippen LogP contribution in [-0.4, -0.2) is 33.0 Å². The number of nitrogens with zero attached hydrogens (tertiary/aromatic N) is 4. The summed E-state index contributed by atoms with van der Waals surface area (Å²) < 4.78 is 17.4. The van der Waals surface area contributed by atoms with E-state index in [4.69, 9.17) is 14.0 Å². The number of rotatable bonds is 7. The molecule has 8 nitrogen and oxygen atoms in total. The maximum absolute atomic E-state index is 12.0. The summed E-state index contributed by atoms with van der Waals surface area (Å²) in [6.45, 7) is 3.87. The van der Waals surface area contributed by atoms with Gasteiger partial charge in [-0.1, -0.05) is 17.3 Å². The number of benzene rings is 1. The van der Waals surface area contributed by atoms with Crippen molar-refractivity contribution in [1.82, 2.24) is 19.9 Å². The molecular weight excluding hydrogens is 348 g/mol. The summed E-state index contributed by atoms with van der Waals surface area (Å²) in [5.74, 6) is 1.04. The van der Waals surface area contributed by atoms with Crippen LogP contribution in [0, 0.1) is 13.8 Å². The van der Waals surface area contributed by atoms with Crippen LogP contribution in [0.4, 0.5) is 0 Å². The number of carbonyl (C=O) groups is 1. The van der Waals surface area contributed by atoms with E-state index in [0.29, 0.717) is 18.0 Å². The molecule has 0 aliphatic rings. The number of esters is 1. The smallest absolute Gasteiger partial charge is 0.306 e. The quantitative estimate of drug-likeness (QED) is 0.590. The van der Waals surface area contributed by atoms with Crippen LogP contribution >= 0.6 is 0 Å². The molecule has 0 saturated heterocycles. The molecule has 0 saturated carbocycles. The molecular formula is C19H22N4O4. The molecule has 142 valence electrons. The molecule has 1 aromatic carbocycles. The second-order valence-corrected chi connectivity index (χ2v) is 6.18. The fraction of sp³-hybridized carbons (Fsp3) is 0.368. The van der Waals surface area contributed by atoms with Crippen molar-refractivity contribution in [3.05, 3.63) is 47.1 Å². The minimum atomic E-state index is -0.321. The van der Waals surface area contributed by atoms with Crippen LogP contribution in [0.3, 0.4) is 0 Å². The fourth-order valence-electron chi connectivity index (χ4n) is 2.81. The van der Waals surface area contributed by atoms with Crippen molar-refractivity contribution in [3.63, 3.8) is 0 Å². The zero-order valence-electron chi connectivity index (χ0n) is 15.9. The summed E-state index contributed by atoms with van der Waals surface area (Å²) in [6, 6.07) is 7.32. The normalized spacial score (nSPS) is 10.8. The molecule has 2 aromatic heterocycles. The number of methoxy groups -OCH3 is 1. The lowest BCUT2D eigenvalue weighted by atomic mass is 10.1. The summed E-state index contributed by atoms with van der Waals surface area (Å²) in [6.07, 6.45) is 0.855. The van der Waals surface area contributed by atoms with Crippen LogP contribution in [0.1, 0.15) is 29.3 Å². The standard InChI is InChI=1S/C19H22N4O4/c1-12-16(13(2)23(3)21-12)8-9-18(24)26-11-17-20-19(22-27-17)14-6-5-7-15(10-14)25-4/h5-7,10H,8-9,11H2,1-4H3. The van der Waals surface area contributed by atoms with E-state index in [9.17, 15) is 4.79 Å². The van der Waals surface area contributed by atoms with E-state index in [0.717, 1.165) is 22.5 Å². The van der Waals surface area contributed by atoms with Crippen LogP contribution in [0.15, 0.2) is 28.8 Å². The number of carbonyl (C=O) groups excluding carboxylic acids is 1. The Morgan fingerprint density at radius 3 is 2.81 bits per heavy atom. The molecule has 0 fully saturated rings. The molecule has 8 heteroatoms. The Balaban J connectivity index is 1.54. The third kappa shape index (κ3) is 4.33. The number of hydrogen-bond donors (Lipinski definition) is 0. The summed E-state index contributed by atoms with van der Waals surface area (Å²) in [5, 5.41) is 8.26. The Kier molecular flexibility index (Phi) is 5.54. The third-order valence-electron chi connectivity index (χ3n) is 4.39. The van der Waals surface area contributed by atoms with Crippen LogP contribution in [0.5, 0.6) is 5.75 Å². The van der Waals surface area contributed by atoms with Gasteiger partial charge in [0, 0.05) is 24.7 Å². The van der Waals surface area contributed by atoms with Gasteiger partial charge in [0.2, 0.25) is 5.82 Å². The van der Waals surface area contributed by atoms with E-state index in [2.05, 4.69) is 15.2 Å². The molecule has 0 aliphatic carbocycles. The first kappa shape index (κ1) is 18.6. The topological polar surface area (TPSA) is 92.3 Å². The maximum Gasteiger partial charge on any atom is 0.306 e. The third-order valence-corrected chi connectivity index (χ3v) is 4.39. The Morgan fingerprint density at radius 1 is 1.30 bits per heavy atom. The van der Waals surface area contributed by atoms with Crippen molar-refractivity contribution in [2.75, 3.05) is 7.11 Å². The van der Waals surface area contributed by atoms with E-state index in [1.807, 2.05) is 43.8 Å².